The molecule has 3 aliphatic heterocycles. The number of carbonyl (C=O) groups excluding carboxylic acids is 2. The van der Waals surface area contributed by atoms with Gasteiger partial charge in [-0.2, -0.15) is 0 Å². The molecular formula is C17H19NO8. The Morgan fingerprint density at radius 3 is 2.08 bits per heavy atom. The summed E-state index contributed by atoms with van der Waals surface area (Å²) in [5, 5.41) is 0. The number of benzene rings is 1. The van der Waals surface area contributed by atoms with Crippen molar-refractivity contribution in [3.63, 3.8) is 0 Å². The van der Waals surface area contributed by atoms with E-state index in [1.807, 2.05) is 24.3 Å². The number of hydrogen-bond donors (Lipinski definition) is 0. The molecule has 0 saturated carbocycles. The van der Waals surface area contributed by atoms with E-state index in [4.69, 9.17) is 28.4 Å². The highest BCUT2D eigenvalue weighted by molar-refractivity contribution is 5.62. The van der Waals surface area contributed by atoms with Crippen molar-refractivity contribution >= 4 is 18.0 Å². The van der Waals surface area contributed by atoms with E-state index in [1.54, 1.807) is 0 Å². The minimum absolute atomic E-state index is 0.195. The zero-order valence-corrected chi connectivity index (χ0v) is 14.0. The lowest BCUT2D eigenvalue weighted by Gasteiger charge is -2.26. The molecule has 3 heterocycles. The minimum Gasteiger partial charge on any atom is -0.490 e. The average molecular weight is 365 g/mol. The van der Waals surface area contributed by atoms with Gasteiger partial charge in [-0.05, 0) is 24.3 Å². The normalized spacial score (nSPS) is 26.5. The SMILES string of the molecule is O=C1OCC(COc2ccc(N(CC3CO3)CC3COC(=O)O3)cc2)O1. The first-order valence-electron chi connectivity index (χ1n) is 8.42. The Morgan fingerprint density at radius 1 is 0.885 bits per heavy atom. The maximum atomic E-state index is 11.1. The summed E-state index contributed by atoms with van der Waals surface area (Å²) in [5.41, 5.74) is 0.964. The first kappa shape index (κ1) is 16.8. The Balaban J connectivity index is 1.34. The van der Waals surface area contributed by atoms with Crippen LogP contribution in [-0.4, -0.2) is 70.1 Å². The van der Waals surface area contributed by atoms with Crippen LogP contribution in [0.25, 0.3) is 0 Å². The van der Waals surface area contributed by atoms with Gasteiger partial charge in [0.25, 0.3) is 0 Å². The zero-order chi connectivity index (χ0) is 17.9. The van der Waals surface area contributed by atoms with E-state index in [0.29, 0.717) is 18.8 Å². The number of carbonyl (C=O) groups is 2. The maximum absolute atomic E-state index is 11.1. The van der Waals surface area contributed by atoms with Crippen LogP contribution in [0.3, 0.4) is 0 Å². The molecule has 0 N–H and O–H groups in total. The van der Waals surface area contributed by atoms with Crippen LogP contribution in [0.2, 0.25) is 0 Å². The van der Waals surface area contributed by atoms with Crippen LogP contribution in [0.15, 0.2) is 24.3 Å². The van der Waals surface area contributed by atoms with Crippen molar-refractivity contribution in [3.8, 4) is 5.75 Å². The molecule has 0 aliphatic carbocycles. The molecule has 0 amide bonds. The van der Waals surface area contributed by atoms with Crippen molar-refractivity contribution in [1.82, 2.24) is 0 Å². The Hall–Kier alpha value is -2.68. The summed E-state index contributed by atoms with van der Waals surface area (Å²) in [7, 11) is 0. The molecular weight excluding hydrogens is 346 g/mol. The van der Waals surface area contributed by atoms with E-state index in [9.17, 15) is 9.59 Å². The lowest BCUT2D eigenvalue weighted by atomic mass is 10.2. The van der Waals surface area contributed by atoms with Gasteiger partial charge in [0.1, 0.15) is 25.6 Å². The fourth-order valence-corrected chi connectivity index (χ4v) is 2.80. The second-order valence-electron chi connectivity index (χ2n) is 6.27. The van der Waals surface area contributed by atoms with E-state index >= 15 is 0 Å². The Morgan fingerprint density at radius 2 is 1.50 bits per heavy atom. The van der Waals surface area contributed by atoms with Crippen molar-refractivity contribution < 1.29 is 38.0 Å². The van der Waals surface area contributed by atoms with Gasteiger partial charge in [-0.25, -0.2) is 9.59 Å². The molecule has 1 aromatic carbocycles. The molecule has 0 aromatic heterocycles. The van der Waals surface area contributed by atoms with Gasteiger partial charge in [-0.3, -0.25) is 0 Å². The van der Waals surface area contributed by atoms with E-state index in [2.05, 4.69) is 4.90 Å². The third-order valence-corrected chi connectivity index (χ3v) is 4.19. The topological polar surface area (TPSA) is 96.1 Å². The number of ether oxygens (including phenoxy) is 6. The van der Waals surface area contributed by atoms with E-state index in [-0.39, 0.29) is 38.1 Å². The molecule has 0 spiro atoms. The molecule has 3 aliphatic rings. The summed E-state index contributed by atoms with van der Waals surface area (Å²) in [6.45, 7) is 2.67. The molecule has 3 unspecified atom stereocenters. The quantitative estimate of drug-likeness (QED) is 0.499. The fraction of sp³-hybridized carbons (Fsp3) is 0.529. The first-order chi connectivity index (χ1) is 12.7. The van der Waals surface area contributed by atoms with Gasteiger partial charge in [0, 0.05) is 12.2 Å². The summed E-state index contributed by atoms with van der Waals surface area (Å²) in [4.78, 5) is 24.1. The van der Waals surface area contributed by atoms with Gasteiger partial charge in [0.2, 0.25) is 0 Å². The summed E-state index contributed by atoms with van der Waals surface area (Å²) in [5.74, 6) is 0.662. The molecule has 140 valence electrons. The second kappa shape index (κ2) is 7.28. The third kappa shape index (κ3) is 4.29. The van der Waals surface area contributed by atoms with Gasteiger partial charge in [0.15, 0.2) is 12.2 Å². The Bertz CT molecular complexity index is 659. The Kier molecular flexibility index (Phi) is 4.70. The predicted molar refractivity (Wildman–Crippen MR) is 86.3 cm³/mol. The Labute approximate surface area is 149 Å². The van der Waals surface area contributed by atoms with Crippen molar-refractivity contribution in [1.29, 1.82) is 0 Å². The summed E-state index contributed by atoms with van der Waals surface area (Å²) in [6.07, 6.45) is -1.78. The number of cyclic esters (lactones) is 4. The van der Waals surface area contributed by atoms with Gasteiger partial charge in [-0.15, -0.1) is 0 Å². The number of nitrogens with zero attached hydrogens (tertiary/aromatic N) is 1. The molecule has 3 atom stereocenters. The molecule has 26 heavy (non-hydrogen) atoms. The van der Waals surface area contributed by atoms with Gasteiger partial charge >= 0.3 is 12.3 Å². The number of anilines is 1. The summed E-state index contributed by atoms with van der Waals surface area (Å²) < 4.78 is 30.5. The van der Waals surface area contributed by atoms with E-state index < -0.39 is 12.3 Å². The predicted octanol–water partition coefficient (Wildman–Crippen LogP) is 1.34. The summed E-state index contributed by atoms with van der Waals surface area (Å²) in [6, 6.07) is 7.52. The minimum atomic E-state index is -0.663. The van der Waals surface area contributed by atoms with Crippen LogP contribution in [0.4, 0.5) is 15.3 Å². The van der Waals surface area contributed by atoms with Gasteiger partial charge < -0.3 is 33.3 Å². The van der Waals surface area contributed by atoms with Crippen LogP contribution in [0.5, 0.6) is 5.75 Å². The largest absolute Gasteiger partial charge is 0.508 e. The lowest BCUT2D eigenvalue weighted by Crippen LogP contribution is -2.36. The molecule has 9 nitrogen and oxygen atoms in total. The molecule has 3 fully saturated rings. The average Bonchev–Trinajstić information content (AvgIpc) is 3.21. The van der Waals surface area contributed by atoms with Crippen molar-refractivity contribution in [2.75, 3.05) is 44.4 Å². The number of hydrogen-bond acceptors (Lipinski definition) is 9. The van der Waals surface area contributed by atoms with Crippen molar-refractivity contribution in [2.24, 2.45) is 0 Å². The highest BCUT2D eigenvalue weighted by Crippen LogP contribution is 2.24. The van der Waals surface area contributed by atoms with Crippen molar-refractivity contribution in [2.45, 2.75) is 18.3 Å². The van der Waals surface area contributed by atoms with Crippen molar-refractivity contribution in [3.05, 3.63) is 24.3 Å². The highest BCUT2D eigenvalue weighted by Gasteiger charge is 2.31. The van der Waals surface area contributed by atoms with Crippen LogP contribution in [-0.2, 0) is 23.7 Å². The van der Waals surface area contributed by atoms with E-state index in [1.165, 1.54) is 0 Å². The second-order valence-corrected chi connectivity index (χ2v) is 6.27. The molecule has 0 radical (unpaired) electrons. The zero-order valence-electron chi connectivity index (χ0n) is 14.0. The fourth-order valence-electron chi connectivity index (χ4n) is 2.80. The molecule has 0 bridgehead atoms. The van der Waals surface area contributed by atoms with Crippen LogP contribution < -0.4 is 9.64 Å². The van der Waals surface area contributed by atoms with Gasteiger partial charge in [0.05, 0.1) is 19.3 Å². The molecule has 4 rings (SSSR count). The van der Waals surface area contributed by atoms with Crippen LogP contribution in [0.1, 0.15) is 0 Å². The molecule has 1 aromatic rings. The third-order valence-electron chi connectivity index (χ3n) is 4.19. The molecule has 3 saturated heterocycles. The highest BCUT2D eigenvalue weighted by atomic mass is 16.8. The maximum Gasteiger partial charge on any atom is 0.508 e. The summed E-state index contributed by atoms with van der Waals surface area (Å²) >= 11 is 0. The van der Waals surface area contributed by atoms with E-state index in [0.717, 1.165) is 12.3 Å². The number of epoxide rings is 1. The monoisotopic (exact) mass is 365 g/mol. The van der Waals surface area contributed by atoms with Gasteiger partial charge in [-0.1, -0.05) is 0 Å². The first-order valence-corrected chi connectivity index (χ1v) is 8.42. The smallest absolute Gasteiger partial charge is 0.490 e. The molecule has 9 heteroatoms. The van der Waals surface area contributed by atoms with Crippen LogP contribution >= 0.6 is 0 Å². The number of rotatable bonds is 8. The standard InChI is InChI=1S/C17H19NO8/c19-16-23-8-14(25-16)6-18(5-13-7-22-13)11-1-3-12(4-2-11)21-9-15-10-24-17(20)26-15/h1-4,13-15H,5-10H2. The lowest BCUT2D eigenvalue weighted by molar-refractivity contribution is 0.0983. The van der Waals surface area contributed by atoms with Crippen LogP contribution in [0, 0.1) is 0 Å².